The zero-order valence-corrected chi connectivity index (χ0v) is 14.1. The fourth-order valence-corrected chi connectivity index (χ4v) is 2.10. The molecule has 2 N–H and O–H groups in total. The van der Waals surface area contributed by atoms with Crippen molar-refractivity contribution in [2.45, 2.75) is 19.3 Å². The van der Waals surface area contributed by atoms with Crippen LogP contribution in [0.1, 0.15) is 11.1 Å². The van der Waals surface area contributed by atoms with Crippen LogP contribution in [0.2, 0.25) is 0 Å². The van der Waals surface area contributed by atoms with Gasteiger partial charge < -0.3 is 20.1 Å². The van der Waals surface area contributed by atoms with E-state index in [2.05, 4.69) is 15.4 Å². The van der Waals surface area contributed by atoms with Gasteiger partial charge in [0.2, 0.25) is 0 Å². The molecule has 8 heteroatoms. The summed E-state index contributed by atoms with van der Waals surface area (Å²) in [5.41, 5.74) is 2.03. The summed E-state index contributed by atoms with van der Waals surface area (Å²) in [6, 6.07) is 13.3. The summed E-state index contributed by atoms with van der Waals surface area (Å²) >= 11 is 0. The van der Waals surface area contributed by atoms with Gasteiger partial charge in [-0.15, -0.1) is 0 Å². The van der Waals surface area contributed by atoms with Gasteiger partial charge in [-0.1, -0.05) is 30.3 Å². The first kappa shape index (κ1) is 19.6. The lowest BCUT2D eigenvalue weighted by molar-refractivity contribution is -0.176. The first-order valence-corrected chi connectivity index (χ1v) is 7.77. The van der Waals surface area contributed by atoms with Crippen LogP contribution in [-0.4, -0.2) is 25.9 Å². The summed E-state index contributed by atoms with van der Waals surface area (Å²) in [4.78, 5) is 11.9. The number of urea groups is 1. The molecule has 140 valence electrons. The Balaban J connectivity index is 1.77. The normalized spacial score (nSPS) is 11.1. The number of amides is 2. The van der Waals surface area contributed by atoms with Gasteiger partial charge in [0.05, 0.1) is 13.7 Å². The van der Waals surface area contributed by atoms with Gasteiger partial charge in [0.15, 0.2) is 0 Å². The van der Waals surface area contributed by atoms with Crippen molar-refractivity contribution in [2.75, 3.05) is 19.0 Å². The van der Waals surface area contributed by atoms with Gasteiger partial charge in [0.25, 0.3) is 0 Å². The average molecular weight is 368 g/mol. The first-order chi connectivity index (χ1) is 12.4. The van der Waals surface area contributed by atoms with E-state index in [1.54, 1.807) is 48.5 Å². The largest absolute Gasteiger partial charge is 0.497 e. The molecule has 0 aliphatic rings. The molecule has 2 rings (SSSR count). The van der Waals surface area contributed by atoms with Crippen LogP contribution in [0.3, 0.4) is 0 Å². The molecule has 0 radical (unpaired) electrons. The molecule has 5 nitrogen and oxygen atoms in total. The summed E-state index contributed by atoms with van der Waals surface area (Å²) in [6.45, 7) is -1.12. The number of anilines is 1. The highest BCUT2D eigenvalue weighted by atomic mass is 19.4. The second-order valence-electron chi connectivity index (χ2n) is 5.46. The quantitative estimate of drug-likeness (QED) is 0.774. The van der Waals surface area contributed by atoms with E-state index in [-0.39, 0.29) is 19.2 Å². The number of hydrogen-bond acceptors (Lipinski definition) is 3. The van der Waals surface area contributed by atoms with E-state index in [0.717, 1.165) is 5.56 Å². The Hall–Kier alpha value is -2.74. The predicted molar refractivity (Wildman–Crippen MR) is 91.0 cm³/mol. The predicted octanol–water partition coefficient (Wildman–Crippen LogP) is 4.10. The standard InChI is InChI=1S/C18H19F3N2O3/c1-25-16-4-2-3-15(9-16)23-17(24)22-10-13-5-7-14(8-6-13)11-26-12-18(19,20)21/h2-9H,10-12H2,1H3,(H2,22,23,24). The fourth-order valence-electron chi connectivity index (χ4n) is 2.10. The Kier molecular flexibility index (Phi) is 6.85. The van der Waals surface area contributed by atoms with E-state index in [0.29, 0.717) is 17.0 Å². The lowest BCUT2D eigenvalue weighted by atomic mass is 10.1. The monoisotopic (exact) mass is 368 g/mol. The second kappa shape index (κ2) is 9.10. The van der Waals surface area contributed by atoms with E-state index in [1.807, 2.05) is 0 Å². The Bertz CT molecular complexity index is 718. The Morgan fingerprint density at radius 3 is 2.42 bits per heavy atom. The molecule has 2 amide bonds. The van der Waals surface area contributed by atoms with Crippen LogP contribution in [0, 0.1) is 0 Å². The molecule has 0 unspecified atom stereocenters. The van der Waals surface area contributed by atoms with Gasteiger partial charge in [0, 0.05) is 18.3 Å². The highest BCUT2D eigenvalue weighted by molar-refractivity contribution is 5.89. The molecule has 0 spiro atoms. The zero-order valence-electron chi connectivity index (χ0n) is 14.1. The van der Waals surface area contributed by atoms with Gasteiger partial charge in [-0.3, -0.25) is 0 Å². The second-order valence-corrected chi connectivity index (χ2v) is 5.46. The number of hydrogen-bond donors (Lipinski definition) is 2. The van der Waals surface area contributed by atoms with Crippen molar-refractivity contribution in [3.63, 3.8) is 0 Å². The van der Waals surface area contributed by atoms with E-state index in [4.69, 9.17) is 4.74 Å². The van der Waals surface area contributed by atoms with Crippen LogP contribution in [0.25, 0.3) is 0 Å². The molecule has 2 aromatic carbocycles. The molecule has 0 atom stereocenters. The van der Waals surface area contributed by atoms with Crippen molar-refractivity contribution in [2.24, 2.45) is 0 Å². The first-order valence-electron chi connectivity index (χ1n) is 7.77. The smallest absolute Gasteiger partial charge is 0.411 e. The number of alkyl halides is 3. The third-order valence-corrected chi connectivity index (χ3v) is 3.34. The van der Waals surface area contributed by atoms with Crippen LogP contribution < -0.4 is 15.4 Å². The number of carbonyl (C=O) groups is 1. The summed E-state index contributed by atoms with van der Waals surface area (Å²) in [5, 5.41) is 5.38. The fraction of sp³-hybridized carbons (Fsp3) is 0.278. The third kappa shape index (κ3) is 7.02. The molecule has 0 saturated heterocycles. The minimum absolute atomic E-state index is 0.121. The van der Waals surface area contributed by atoms with Crippen LogP contribution >= 0.6 is 0 Å². The maximum Gasteiger partial charge on any atom is 0.411 e. The number of methoxy groups -OCH3 is 1. The van der Waals surface area contributed by atoms with Crippen LogP contribution in [0.15, 0.2) is 48.5 Å². The average Bonchev–Trinajstić information content (AvgIpc) is 2.60. The minimum Gasteiger partial charge on any atom is -0.497 e. The number of carbonyl (C=O) groups excluding carboxylic acids is 1. The number of rotatable bonds is 7. The topological polar surface area (TPSA) is 59.6 Å². The number of ether oxygens (including phenoxy) is 2. The Labute approximate surface area is 149 Å². The van der Waals surface area contributed by atoms with Crippen molar-refractivity contribution >= 4 is 11.7 Å². The summed E-state index contributed by atoms with van der Waals surface area (Å²) in [7, 11) is 1.54. The molecule has 0 aliphatic carbocycles. The Morgan fingerprint density at radius 2 is 1.77 bits per heavy atom. The van der Waals surface area contributed by atoms with Gasteiger partial charge in [-0.05, 0) is 23.3 Å². The molecule has 0 aromatic heterocycles. The van der Waals surface area contributed by atoms with Gasteiger partial charge in [-0.2, -0.15) is 13.2 Å². The summed E-state index contributed by atoms with van der Waals surface area (Å²) < 4.78 is 45.7. The molecular formula is C18H19F3N2O3. The summed E-state index contributed by atoms with van der Waals surface area (Å²) in [6.07, 6.45) is -4.33. The van der Waals surface area contributed by atoms with Crippen molar-refractivity contribution in [3.8, 4) is 5.75 Å². The highest BCUT2D eigenvalue weighted by Crippen LogP contribution is 2.17. The van der Waals surface area contributed by atoms with E-state index in [9.17, 15) is 18.0 Å². The highest BCUT2D eigenvalue weighted by Gasteiger charge is 2.27. The number of halogens is 3. The SMILES string of the molecule is COc1cccc(NC(=O)NCc2ccc(COCC(F)(F)F)cc2)c1. The Morgan fingerprint density at radius 1 is 1.08 bits per heavy atom. The van der Waals surface area contributed by atoms with Gasteiger partial charge in [-0.25, -0.2) is 4.79 Å². The van der Waals surface area contributed by atoms with Crippen molar-refractivity contribution in [1.82, 2.24) is 5.32 Å². The zero-order chi connectivity index (χ0) is 19.0. The molecule has 2 aromatic rings. The van der Waals surface area contributed by atoms with Crippen molar-refractivity contribution in [3.05, 3.63) is 59.7 Å². The molecule has 0 saturated carbocycles. The van der Waals surface area contributed by atoms with E-state index >= 15 is 0 Å². The van der Waals surface area contributed by atoms with Crippen molar-refractivity contribution < 1.29 is 27.4 Å². The minimum atomic E-state index is -4.33. The molecule has 0 heterocycles. The third-order valence-electron chi connectivity index (χ3n) is 3.34. The van der Waals surface area contributed by atoms with Crippen LogP contribution in [-0.2, 0) is 17.9 Å². The van der Waals surface area contributed by atoms with Crippen molar-refractivity contribution in [1.29, 1.82) is 0 Å². The molecule has 26 heavy (non-hydrogen) atoms. The maximum absolute atomic E-state index is 12.0. The lowest BCUT2D eigenvalue weighted by Gasteiger charge is -2.10. The van der Waals surface area contributed by atoms with Crippen LogP contribution in [0.4, 0.5) is 23.7 Å². The van der Waals surface area contributed by atoms with Gasteiger partial charge >= 0.3 is 12.2 Å². The molecular weight excluding hydrogens is 349 g/mol. The molecule has 0 bridgehead atoms. The van der Waals surface area contributed by atoms with E-state index in [1.165, 1.54) is 7.11 Å². The summed E-state index contributed by atoms with van der Waals surface area (Å²) in [5.74, 6) is 0.631. The maximum atomic E-state index is 12.0. The number of benzene rings is 2. The van der Waals surface area contributed by atoms with Crippen LogP contribution in [0.5, 0.6) is 5.75 Å². The number of nitrogens with one attached hydrogen (secondary N) is 2. The van der Waals surface area contributed by atoms with Gasteiger partial charge in [0.1, 0.15) is 12.4 Å². The van der Waals surface area contributed by atoms with E-state index < -0.39 is 12.8 Å². The molecule has 0 fully saturated rings. The molecule has 0 aliphatic heterocycles. The lowest BCUT2D eigenvalue weighted by Crippen LogP contribution is -2.28.